The minimum Gasteiger partial charge on any atom is -0.352 e. The number of thioether (sulfide) groups is 1. The van der Waals surface area contributed by atoms with Gasteiger partial charge >= 0.3 is 0 Å². The van der Waals surface area contributed by atoms with Crippen molar-refractivity contribution in [3.8, 4) is 0 Å². The maximum Gasteiger partial charge on any atom is 0.262 e. The molecule has 2 aromatic carbocycles. The Hall–Kier alpha value is -2.57. The zero-order valence-corrected chi connectivity index (χ0v) is 17.7. The Morgan fingerprint density at radius 3 is 2.62 bits per heavy atom. The van der Waals surface area contributed by atoms with Crippen molar-refractivity contribution < 1.29 is 14.5 Å². The van der Waals surface area contributed by atoms with E-state index in [-0.39, 0.29) is 11.8 Å². The minimum atomic E-state index is -0.234. The first-order valence-corrected chi connectivity index (χ1v) is 10.8. The molecule has 29 heavy (non-hydrogen) atoms. The van der Waals surface area contributed by atoms with Crippen LogP contribution in [-0.2, 0) is 16.1 Å². The highest BCUT2D eigenvalue weighted by Gasteiger charge is 2.21. The monoisotopic (exact) mass is 410 g/mol. The van der Waals surface area contributed by atoms with Crippen LogP contribution < -0.4 is 15.5 Å². The summed E-state index contributed by atoms with van der Waals surface area (Å²) in [4.78, 5) is 27.3. The molecule has 6 heteroatoms. The highest BCUT2D eigenvalue weighted by molar-refractivity contribution is 8.04. The number of anilines is 1. The normalized spacial score (nSPS) is 15.7. The fourth-order valence-corrected chi connectivity index (χ4v) is 4.16. The highest BCUT2D eigenvalue weighted by Crippen LogP contribution is 2.37. The molecule has 3 rings (SSSR count). The SMILES string of the molecule is CC(C)[NH+](CCCNC(=O)C=C1Sc2ccccc2NC1=O)Cc1ccccc1. The molecule has 0 aliphatic carbocycles. The summed E-state index contributed by atoms with van der Waals surface area (Å²) in [5.74, 6) is -0.460. The molecule has 2 amide bonds. The van der Waals surface area contributed by atoms with Gasteiger partial charge in [-0.05, 0) is 26.0 Å². The van der Waals surface area contributed by atoms with Crippen molar-refractivity contribution in [2.24, 2.45) is 0 Å². The van der Waals surface area contributed by atoms with Crippen LogP contribution in [0, 0.1) is 0 Å². The Bertz CT molecular complexity index is 881. The quantitative estimate of drug-likeness (QED) is 0.463. The molecule has 1 aliphatic heterocycles. The number of fused-ring (bicyclic) bond motifs is 1. The largest absolute Gasteiger partial charge is 0.352 e. The molecular weight excluding hydrogens is 382 g/mol. The van der Waals surface area contributed by atoms with Crippen molar-refractivity contribution in [2.75, 3.05) is 18.4 Å². The third-order valence-electron chi connectivity index (χ3n) is 4.91. The van der Waals surface area contributed by atoms with Crippen molar-refractivity contribution >= 4 is 29.3 Å². The van der Waals surface area contributed by atoms with Gasteiger partial charge in [0.05, 0.1) is 23.2 Å². The van der Waals surface area contributed by atoms with Gasteiger partial charge in [0, 0.05) is 29.5 Å². The summed E-state index contributed by atoms with van der Waals surface area (Å²) in [5.41, 5.74) is 2.11. The number of quaternary nitrogens is 1. The van der Waals surface area contributed by atoms with Crippen molar-refractivity contribution in [1.29, 1.82) is 0 Å². The van der Waals surface area contributed by atoms with Crippen LogP contribution in [0.3, 0.4) is 0 Å². The zero-order valence-electron chi connectivity index (χ0n) is 16.9. The second kappa shape index (κ2) is 10.3. The second-order valence-corrected chi connectivity index (χ2v) is 8.51. The van der Waals surface area contributed by atoms with Crippen LogP contribution in [0.15, 0.2) is 70.5 Å². The number of carbonyl (C=O) groups excluding carboxylic acids is 2. The van der Waals surface area contributed by atoms with Crippen LogP contribution in [0.4, 0.5) is 5.69 Å². The van der Waals surface area contributed by atoms with E-state index in [1.54, 1.807) is 0 Å². The number of para-hydroxylation sites is 1. The molecule has 0 spiro atoms. The summed E-state index contributed by atoms with van der Waals surface area (Å²) in [6.07, 6.45) is 2.28. The lowest BCUT2D eigenvalue weighted by atomic mass is 10.2. The standard InChI is InChI=1S/C23H27N3O2S/c1-17(2)26(16-18-9-4-3-5-10-18)14-8-13-24-22(27)15-21-23(28)25-19-11-6-7-12-20(19)29-21/h3-7,9-12,15,17H,8,13-14,16H2,1-2H3,(H,24,27)(H,25,28)/p+1. The summed E-state index contributed by atoms with van der Waals surface area (Å²) in [6.45, 7) is 6.99. The molecule has 1 heterocycles. The van der Waals surface area contributed by atoms with Crippen LogP contribution >= 0.6 is 11.8 Å². The summed E-state index contributed by atoms with van der Waals surface area (Å²) in [5, 5.41) is 5.73. The molecule has 3 N–H and O–H groups in total. The number of nitrogens with one attached hydrogen (secondary N) is 3. The summed E-state index contributed by atoms with van der Waals surface area (Å²) < 4.78 is 0. The number of amides is 2. The minimum absolute atomic E-state index is 0.226. The van der Waals surface area contributed by atoms with Gasteiger partial charge in [0.15, 0.2) is 0 Å². The third-order valence-corrected chi connectivity index (χ3v) is 6.00. The van der Waals surface area contributed by atoms with E-state index in [0.717, 1.165) is 30.1 Å². The average molecular weight is 411 g/mol. The van der Waals surface area contributed by atoms with Crippen LogP contribution in [0.1, 0.15) is 25.8 Å². The number of hydrogen-bond donors (Lipinski definition) is 3. The van der Waals surface area contributed by atoms with Crippen LogP contribution in [0.25, 0.3) is 0 Å². The Balaban J connectivity index is 1.47. The fourth-order valence-electron chi connectivity index (χ4n) is 3.24. The fraction of sp³-hybridized carbons (Fsp3) is 0.304. The first-order valence-electron chi connectivity index (χ1n) is 9.99. The van der Waals surface area contributed by atoms with Gasteiger partial charge in [0.1, 0.15) is 6.54 Å². The molecule has 1 unspecified atom stereocenters. The summed E-state index contributed by atoms with van der Waals surface area (Å²) >= 11 is 1.33. The molecule has 0 saturated heterocycles. The molecule has 0 saturated carbocycles. The first kappa shape index (κ1) is 21.1. The Morgan fingerprint density at radius 2 is 1.86 bits per heavy atom. The van der Waals surface area contributed by atoms with Crippen molar-refractivity contribution in [3.63, 3.8) is 0 Å². The highest BCUT2D eigenvalue weighted by atomic mass is 32.2. The molecule has 0 radical (unpaired) electrons. The second-order valence-electron chi connectivity index (χ2n) is 7.43. The zero-order chi connectivity index (χ0) is 20.6. The Labute approximate surface area is 176 Å². The van der Waals surface area contributed by atoms with E-state index < -0.39 is 0 Å². The number of rotatable bonds is 8. The van der Waals surface area contributed by atoms with E-state index in [1.807, 2.05) is 30.3 Å². The van der Waals surface area contributed by atoms with Crippen LogP contribution in [-0.4, -0.2) is 30.9 Å². The van der Waals surface area contributed by atoms with E-state index in [9.17, 15) is 9.59 Å². The molecule has 5 nitrogen and oxygen atoms in total. The van der Waals surface area contributed by atoms with Crippen molar-refractivity contribution in [3.05, 3.63) is 71.1 Å². The molecule has 1 aliphatic rings. The van der Waals surface area contributed by atoms with Gasteiger partial charge < -0.3 is 15.5 Å². The predicted octanol–water partition coefficient (Wildman–Crippen LogP) is 2.61. The van der Waals surface area contributed by atoms with Crippen LogP contribution in [0.2, 0.25) is 0 Å². The Kier molecular flexibility index (Phi) is 7.49. The number of carbonyl (C=O) groups is 2. The summed E-state index contributed by atoms with van der Waals surface area (Å²) in [7, 11) is 0. The molecule has 1 atom stereocenters. The molecule has 152 valence electrons. The smallest absolute Gasteiger partial charge is 0.262 e. The van der Waals surface area contributed by atoms with Gasteiger partial charge in [0.2, 0.25) is 5.91 Å². The maximum atomic E-state index is 12.3. The maximum absolute atomic E-state index is 12.3. The molecule has 2 aromatic rings. The van der Waals surface area contributed by atoms with Gasteiger partial charge in [-0.25, -0.2) is 0 Å². The van der Waals surface area contributed by atoms with Gasteiger partial charge in [0.25, 0.3) is 5.91 Å². The van der Waals surface area contributed by atoms with Gasteiger partial charge in [-0.15, -0.1) is 0 Å². The molecule has 0 bridgehead atoms. The lowest BCUT2D eigenvalue weighted by Gasteiger charge is -2.23. The summed E-state index contributed by atoms with van der Waals surface area (Å²) in [6, 6.07) is 18.6. The van der Waals surface area contributed by atoms with E-state index in [0.29, 0.717) is 17.5 Å². The van der Waals surface area contributed by atoms with Crippen LogP contribution in [0.5, 0.6) is 0 Å². The predicted molar refractivity (Wildman–Crippen MR) is 118 cm³/mol. The van der Waals surface area contributed by atoms with Gasteiger partial charge in [-0.2, -0.15) is 0 Å². The van der Waals surface area contributed by atoms with Crippen molar-refractivity contribution in [2.45, 2.75) is 37.8 Å². The molecule has 0 fully saturated rings. The van der Waals surface area contributed by atoms with E-state index in [4.69, 9.17) is 0 Å². The average Bonchev–Trinajstić information content (AvgIpc) is 2.71. The van der Waals surface area contributed by atoms with E-state index >= 15 is 0 Å². The van der Waals surface area contributed by atoms with E-state index in [2.05, 4.69) is 48.7 Å². The van der Waals surface area contributed by atoms with Gasteiger partial charge in [-0.3, -0.25) is 9.59 Å². The lowest BCUT2D eigenvalue weighted by molar-refractivity contribution is -0.935. The topological polar surface area (TPSA) is 62.6 Å². The van der Waals surface area contributed by atoms with Gasteiger partial charge in [-0.1, -0.05) is 54.2 Å². The number of benzene rings is 2. The lowest BCUT2D eigenvalue weighted by Crippen LogP contribution is -3.13. The Morgan fingerprint density at radius 1 is 1.14 bits per heavy atom. The first-order chi connectivity index (χ1) is 14.0. The van der Waals surface area contributed by atoms with E-state index in [1.165, 1.54) is 28.3 Å². The third kappa shape index (κ3) is 6.21. The molecule has 0 aromatic heterocycles. The van der Waals surface area contributed by atoms with Crippen molar-refractivity contribution in [1.82, 2.24) is 5.32 Å². The molecular formula is C23H28N3O2S+. The number of hydrogen-bond acceptors (Lipinski definition) is 3.